The molecule has 0 spiro atoms. The number of nitrogens with two attached hydrogens (primary N) is 1. The summed E-state index contributed by atoms with van der Waals surface area (Å²) in [6.07, 6.45) is 8.20. The predicted molar refractivity (Wildman–Crippen MR) is 54.0 cm³/mol. The molecule has 1 aliphatic heterocycles. The Kier molecular flexibility index (Phi) is 2.17. The third kappa shape index (κ3) is 1.64. The molecule has 0 aromatic rings. The quantitative estimate of drug-likeness (QED) is 0.630. The number of nitrogens with zero attached hydrogens (tertiary/aromatic N) is 1. The molecule has 2 aliphatic rings. The second kappa shape index (κ2) is 3.32. The van der Waals surface area contributed by atoms with Crippen molar-refractivity contribution < 1.29 is 0 Å². The van der Waals surface area contributed by atoms with E-state index in [4.69, 9.17) is 11.1 Å². The van der Waals surface area contributed by atoms with Crippen molar-refractivity contribution in [1.29, 1.82) is 5.41 Å². The van der Waals surface area contributed by atoms with Gasteiger partial charge in [-0.2, -0.15) is 0 Å². The van der Waals surface area contributed by atoms with Crippen LogP contribution in [-0.4, -0.2) is 11.7 Å². The molecule has 3 nitrogen and oxygen atoms in total. The van der Waals surface area contributed by atoms with Crippen molar-refractivity contribution in [2.75, 3.05) is 0 Å². The van der Waals surface area contributed by atoms with E-state index < -0.39 is 0 Å². The molecule has 70 valence electrons. The fourth-order valence-electron chi connectivity index (χ4n) is 2.18. The van der Waals surface area contributed by atoms with Crippen LogP contribution in [0, 0.1) is 11.3 Å². The maximum atomic E-state index is 7.64. The fourth-order valence-corrected chi connectivity index (χ4v) is 2.18. The second-order valence-electron chi connectivity index (χ2n) is 3.82. The molecular weight excluding hydrogens is 162 g/mol. The lowest BCUT2D eigenvalue weighted by molar-refractivity contribution is 0.411. The van der Waals surface area contributed by atoms with Crippen molar-refractivity contribution in [3.8, 4) is 0 Å². The van der Waals surface area contributed by atoms with Crippen molar-refractivity contribution >= 4 is 11.7 Å². The third-order valence-electron chi connectivity index (χ3n) is 2.86. The van der Waals surface area contributed by atoms with E-state index in [0.29, 0.717) is 17.6 Å². The Bertz CT molecular complexity index is 283. The highest BCUT2D eigenvalue weighted by molar-refractivity contribution is 6.16. The molecular formula is C10H15N3. The molecule has 0 aromatic carbocycles. The van der Waals surface area contributed by atoms with Crippen LogP contribution in [0.15, 0.2) is 16.6 Å². The standard InChI is InChI=1S/C10H15N3/c11-9-6-8(10(12)13-9)7-4-2-1-3-5-7/h6-7H,1-5H2,(H3,11,12,13). The van der Waals surface area contributed by atoms with Crippen LogP contribution in [0.1, 0.15) is 32.1 Å². The monoisotopic (exact) mass is 177 g/mol. The number of hydrogen-bond acceptors (Lipinski definition) is 2. The maximum Gasteiger partial charge on any atom is 0.150 e. The summed E-state index contributed by atoms with van der Waals surface area (Å²) in [4.78, 5) is 3.93. The average Bonchev–Trinajstić information content (AvgIpc) is 2.47. The van der Waals surface area contributed by atoms with Gasteiger partial charge in [-0.25, -0.2) is 4.99 Å². The van der Waals surface area contributed by atoms with E-state index in [1.54, 1.807) is 0 Å². The summed E-state index contributed by atoms with van der Waals surface area (Å²) in [5, 5.41) is 7.64. The van der Waals surface area contributed by atoms with Crippen LogP contribution in [0.4, 0.5) is 0 Å². The molecule has 3 N–H and O–H groups in total. The van der Waals surface area contributed by atoms with Gasteiger partial charge in [0.2, 0.25) is 0 Å². The lowest BCUT2D eigenvalue weighted by Gasteiger charge is -2.21. The van der Waals surface area contributed by atoms with Gasteiger partial charge in [-0.15, -0.1) is 0 Å². The highest BCUT2D eigenvalue weighted by Crippen LogP contribution is 2.31. The Morgan fingerprint density at radius 3 is 2.54 bits per heavy atom. The Hall–Kier alpha value is -1.12. The van der Waals surface area contributed by atoms with E-state index in [1.165, 1.54) is 32.1 Å². The largest absolute Gasteiger partial charge is 0.384 e. The Balaban J connectivity index is 2.09. The lowest BCUT2D eigenvalue weighted by atomic mass is 9.83. The molecule has 2 rings (SSSR count). The van der Waals surface area contributed by atoms with Gasteiger partial charge in [0.05, 0.1) is 0 Å². The number of nitrogens with one attached hydrogen (secondary N) is 1. The molecule has 0 radical (unpaired) electrons. The van der Waals surface area contributed by atoms with E-state index >= 15 is 0 Å². The minimum absolute atomic E-state index is 0.393. The molecule has 0 amide bonds. The molecule has 0 atom stereocenters. The summed E-state index contributed by atoms with van der Waals surface area (Å²) in [5.74, 6) is 1.45. The van der Waals surface area contributed by atoms with E-state index in [9.17, 15) is 0 Å². The molecule has 0 aromatic heterocycles. The van der Waals surface area contributed by atoms with E-state index in [1.807, 2.05) is 6.08 Å². The second-order valence-corrected chi connectivity index (χ2v) is 3.82. The number of amidine groups is 2. The maximum absolute atomic E-state index is 7.64. The summed E-state index contributed by atoms with van der Waals surface area (Å²) in [6.45, 7) is 0. The minimum atomic E-state index is 0.393. The highest BCUT2D eigenvalue weighted by Gasteiger charge is 2.23. The topological polar surface area (TPSA) is 62.2 Å². The van der Waals surface area contributed by atoms with E-state index in [-0.39, 0.29) is 0 Å². The first-order valence-corrected chi connectivity index (χ1v) is 4.92. The molecule has 3 heteroatoms. The van der Waals surface area contributed by atoms with E-state index in [2.05, 4.69) is 4.99 Å². The molecule has 1 heterocycles. The molecule has 0 bridgehead atoms. The first-order valence-electron chi connectivity index (χ1n) is 4.92. The highest BCUT2D eigenvalue weighted by atomic mass is 14.9. The van der Waals surface area contributed by atoms with Gasteiger partial charge >= 0.3 is 0 Å². The molecule has 1 fully saturated rings. The Morgan fingerprint density at radius 2 is 2.00 bits per heavy atom. The van der Waals surface area contributed by atoms with Crippen molar-refractivity contribution in [1.82, 2.24) is 0 Å². The number of rotatable bonds is 1. The van der Waals surface area contributed by atoms with Gasteiger partial charge in [0.1, 0.15) is 5.84 Å². The third-order valence-corrected chi connectivity index (χ3v) is 2.86. The van der Waals surface area contributed by atoms with Crippen molar-refractivity contribution in [3.63, 3.8) is 0 Å². The van der Waals surface area contributed by atoms with Crippen LogP contribution >= 0.6 is 0 Å². The smallest absolute Gasteiger partial charge is 0.150 e. The van der Waals surface area contributed by atoms with Gasteiger partial charge in [0.15, 0.2) is 5.84 Å². The molecule has 13 heavy (non-hydrogen) atoms. The normalized spacial score (nSPS) is 24.5. The SMILES string of the molecule is N=C1N=C(N)C=C1C1CCCCC1. The first kappa shape index (κ1) is 8.48. The van der Waals surface area contributed by atoms with Crippen LogP contribution in [0.5, 0.6) is 0 Å². The van der Waals surface area contributed by atoms with Gasteiger partial charge in [0, 0.05) is 5.57 Å². The molecule has 1 saturated carbocycles. The molecule has 0 unspecified atom stereocenters. The summed E-state index contributed by atoms with van der Waals surface area (Å²) in [6, 6.07) is 0. The predicted octanol–water partition coefficient (Wildman–Crippen LogP) is 1.84. The number of hydrogen-bond donors (Lipinski definition) is 2. The van der Waals surface area contributed by atoms with Gasteiger partial charge in [0.25, 0.3) is 0 Å². The molecule has 0 saturated heterocycles. The molecule has 1 aliphatic carbocycles. The van der Waals surface area contributed by atoms with E-state index in [0.717, 1.165) is 5.57 Å². The van der Waals surface area contributed by atoms with Crippen LogP contribution in [0.3, 0.4) is 0 Å². The van der Waals surface area contributed by atoms with Crippen LogP contribution < -0.4 is 5.73 Å². The summed E-state index contributed by atoms with van der Waals surface area (Å²) < 4.78 is 0. The first-order chi connectivity index (χ1) is 6.27. The summed E-state index contributed by atoms with van der Waals surface area (Å²) in [7, 11) is 0. The van der Waals surface area contributed by atoms with Crippen LogP contribution in [-0.2, 0) is 0 Å². The fraction of sp³-hybridized carbons (Fsp3) is 0.600. The van der Waals surface area contributed by atoms with Gasteiger partial charge in [-0.1, -0.05) is 19.3 Å². The summed E-state index contributed by atoms with van der Waals surface area (Å²) >= 11 is 0. The zero-order chi connectivity index (χ0) is 9.26. The lowest BCUT2D eigenvalue weighted by Crippen LogP contribution is -2.12. The Labute approximate surface area is 78.2 Å². The van der Waals surface area contributed by atoms with Crippen molar-refractivity contribution in [3.05, 3.63) is 11.6 Å². The van der Waals surface area contributed by atoms with Crippen LogP contribution in [0.2, 0.25) is 0 Å². The van der Waals surface area contributed by atoms with Crippen molar-refractivity contribution in [2.45, 2.75) is 32.1 Å². The average molecular weight is 177 g/mol. The van der Waals surface area contributed by atoms with Gasteiger partial charge in [-0.05, 0) is 24.8 Å². The van der Waals surface area contributed by atoms with Gasteiger partial charge < -0.3 is 5.73 Å². The summed E-state index contributed by atoms with van der Waals surface area (Å²) in [5.41, 5.74) is 6.62. The zero-order valence-electron chi connectivity index (χ0n) is 7.71. The van der Waals surface area contributed by atoms with Gasteiger partial charge in [-0.3, -0.25) is 5.41 Å². The zero-order valence-corrected chi connectivity index (χ0v) is 7.71. The van der Waals surface area contributed by atoms with Crippen molar-refractivity contribution in [2.24, 2.45) is 16.6 Å². The van der Waals surface area contributed by atoms with Crippen LogP contribution in [0.25, 0.3) is 0 Å². The minimum Gasteiger partial charge on any atom is -0.384 e. The Morgan fingerprint density at radius 1 is 1.31 bits per heavy atom. The number of aliphatic imine (C=N–C) groups is 1.